The number of hydrogen-bond acceptors (Lipinski definition) is 5. The molecule has 0 unspecified atom stereocenters. The van der Waals surface area contributed by atoms with Crippen LogP contribution in [0.3, 0.4) is 0 Å². The SMILES string of the molecule is CCCN1c2cc(F)c(/C=C3/SC(=O)N(CC(=O)Nc4c(C)cccc4C)C3=O)cc2C(C)=CC1(C)C. The van der Waals surface area contributed by atoms with E-state index in [0.717, 1.165) is 45.8 Å². The number of nitrogens with one attached hydrogen (secondary N) is 1. The second-order valence-electron chi connectivity index (χ2n) is 10.1. The molecule has 2 aliphatic rings. The van der Waals surface area contributed by atoms with Gasteiger partial charge in [0.1, 0.15) is 12.4 Å². The maximum atomic E-state index is 15.3. The third kappa shape index (κ3) is 5.21. The molecule has 3 amide bonds. The third-order valence-electron chi connectivity index (χ3n) is 6.75. The minimum atomic E-state index is -0.607. The number of para-hydroxylation sites is 1. The van der Waals surface area contributed by atoms with Crippen molar-refractivity contribution in [2.24, 2.45) is 0 Å². The van der Waals surface area contributed by atoms with Crippen molar-refractivity contribution in [2.45, 2.75) is 53.5 Å². The Labute approximate surface area is 221 Å². The van der Waals surface area contributed by atoms with Crippen LogP contribution in [0.25, 0.3) is 11.6 Å². The fourth-order valence-electron chi connectivity index (χ4n) is 4.97. The normalized spacial score (nSPS) is 17.8. The summed E-state index contributed by atoms with van der Waals surface area (Å²) in [4.78, 5) is 41.5. The second kappa shape index (κ2) is 10.2. The number of aryl methyl sites for hydroxylation is 2. The zero-order valence-corrected chi connectivity index (χ0v) is 22.9. The highest BCUT2D eigenvalue weighted by molar-refractivity contribution is 8.18. The summed E-state index contributed by atoms with van der Waals surface area (Å²) in [6, 6.07) is 8.88. The van der Waals surface area contributed by atoms with Gasteiger partial charge in [0, 0.05) is 29.0 Å². The lowest BCUT2D eigenvalue weighted by molar-refractivity contribution is -0.127. The van der Waals surface area contributed by atoms with Gasteiger partial charge in [-0.05, 0) is 87.7 Å². The number of hydrogen-bond donors (Lipinski definition) is 1. The first-order valence-corrected chi connectivity index (χ1v) is 13.2. The van der Waals surface area contributed by atoms with Gasteiger partial charge < -0.3 is 10.2 Å². The van der Waals surface area contributed by atoms with Crippen LogP contribution in [0.2, 0.25) is 0 Å². The first kappa shape index (κ1) is 26.7. The molecule has 194 valence electrons. The van der Waals surface area contributed by atoms with E-state index in [-0.39, 0.29) is 16.0 Å². The highest BCUT2D eigenvalue weighted by Crippen LogP contribution is 2.41. The van der Waals surface area contributed by atoms with E-state index in [4.69, 9.17) is 0 Å². The standard InChI is InChI=1S/C29H32FN3O3S/c1-7-11-33-23-14-22(30)20(12-21(23)19(4)15-29(33,5)6)13-24-27(35)32(28(36)37-24)16-25(34)31-26-17(2)9-8-10-18(26)3/h8-10,12-15H,7,11,16H2,1-6H3,(H,31,34)/b24-13+. The molecule has 0 saturated carbocycles. The summed E-state index contributed by atoms with van der Waals surface area (Å²) in [7, 11) is 0. The topological polar surface area (TPSA) is 69.7 Å². The van der Waals surface area contributed by atoms with E-state index in [1.54, 1.807) is 6.07 Å². The molecule has 0 aromatic heterocycles. The molecule has 6 nitrogen and oxygen atoms in total. The number of amides is 3. The van der Waals surface area contributed by atoms with Crippen LogP contribution < -0.4 is 10.2 Å². The fraction of sp³-hybridized carbons (Fsp3) is 0.345. The number of fused-ring (bicyclic) bond motifs is 1. The van der Waals surface area contributed by atoms with Crippen LogP contribution >= 0.6 is 11.8 Å². The lowest BCUT2D eigenvalue weighted by Gasteiger charge is -2.43. The van der Waals surface area contributed by atoms with Gasteiger partial charge in [0.05, 0.1) is 10.4 Å². The monoisotopic (exact) mass is 521 g/mol. The quantitative estimate of drug-likeness (QED) is 0.438. The largest absolute Gasteiger partial charge is 0.362 e. The molecule has 0 spiro atoms. The number of rotatable bonds is 6. The van der Waals surface area contributed by atoms with Crippen LogP contribution in [-0.2, 0) is 9.59 Å². The highest BCUT2D eigenvalue weighted by atomic mass is 32.2. The Hall–Kier alpha value is -3.39. The smallest absolute Gasteiger partial charge is 0.294 e. The molecule has 37 heavy (non-hydrogen) atoms. The summed E-state index contributed by atoms with van der Waals surface area (Å²) in [6.45, 7) is 12.4. The van der Waals surface area contributed by atoms with Crippen LogP contribution in [0.4, 0.5) is 20.6 Å². The number of anilines is 2. The maximum Gasteiger partial charge on any atom is 0.294 e. The van der Waals surface area contributed by atoms with Crippen molar-refractivity contribution in [1.82, 2.24) is 4.90 Å². The molecule has 1 saturated heterocycles. The third-order valence-corrected chi connectivity index (χ3v) is 7.66. The number of halogens is 1. The number of carbonyl (C=O) groups is 3. The Balaban J connectivity index is 1.58. The van der Waals surface area contributed by atoms with Gasteiger partial charge in [-0.2, -0.15) is 0 Å². The Morgan fingerprint density at radius 2 is 1.81 bits per heavy atom. The first-order valence-electron chi connectivity index (χ1n) is 12.4. The van der Waals surface area contributed by atoms with Gasteiger partial charge in [-0.1, -0.05) is 31.2 Å². The molecule has 2 aromatic carbocycles. The zero-order valence-electron chi connectivity index (χ0n) is 22.1. The van der Waals surface area contributed by atoms with Gasteiger partial charge in [-0.3, -0.25) is 19.3 Å². The first-order chi connectivity index (χ1) is 17.4. The average molecular weight is 522 g/mol. The highest BCUT2D eigenvalue weighted by Gasteiger charge is 2.37. The molecule has 2 aliphatic heterocycles. The van der Waals surface area contributed by atoms with E-state index in [2.05, 4.69) is 37.1 Å². The molecule has 1 N–H and O–H groups in total. The molecule has 0 aliphatic carbocycles. The second-order valence-corrected chi connectivity index (χ2v) is 11.1. The molecule has 2 heterocycles. The fourth-order valence-corrected chi connectivity index (χ4v) is 5.80. The van der Waals surface area contributed by atoms with Crippen LogP contribution in [-0.4, -0.2) is 40.6 Å². The minimum absolute atomic E-state index is 0.0897. The molecule has 4 rings (SSSR count). The summed E-state index contributed by atoms with van der Waals surface area (Å²) in [5.74, 6) is -1.55. The van der Waals surface area contributed by atoms with Gasteiger partial charge >= 0.3 is 0 Å². The van der Waals surface area contributed by atoms with Gasteiger partial charge in [0.2, 0.25) is 5.91 Å². The number of thioether (sulfide) groups is 1. The van der Waals surface area contributed by atoms with E-state index in [1.807, 2.05) is 39.0 Å². The average Bonchev–Trinajstić information content (AvgIpc) is 3.07. The molecule has 0 radical (unpaired) electrons. The van der Waals surface area contributed by atoms with Gasteiger partial charge in [0.25, 0.3) is 11.1 Å². The molecule has 0 bridgehead atoms. The van der Waals surface area contributed by atoms with Crippen LogP contribution in [0.1, 0.15) is 56.4 Å². The van der Waals surface area contributed by atoms with Crippen LogP contribution in [0, 0.1) is 19.7 Å². The van der Waals surface area contributed by atoms with Crippen molar-refractivity contribution in [3.63, 3.8) is 0 Å². The van der Waals surface area contributed by atoms with Crippen molar-refractivity contribution < 1.29 is 18.8 Å². The Morgan fingerprint density at radius 1 is 1.14 bits per heavy atom. The minimum Gasteiger partial charge on any atom is -0.362 e. The van der Waals surface area contributed by atoms with Crippen LogP contribution in [0.5, 0.6) is 0 Å². The molecule has 1 fully saturated rings. The predicted octanol–water partition coefficient (Wildman–Crippen LogP) is 6.53. The Morgan fingerprint density at radius 3 is 2.46 bits per heavy atom. The van der Waals surface area contributed by atoms with Gasteiger partial charge in [-0.25, -0.2) is 4.39 Å². The Kier molecular flexibility index (Phi) is 7.33. The maximum absolute atomic E-state index is 15.3. The summed E-state index contributed by atoms with van der Waals surface area (Å²) in [5, 5.41) is 2.24. The molecule has 0 atom stereocenters. The van der Waals surface area contributed by atoms with Crippen LogP contribution in [0.15, 0.2) is 41.3 Å². The van der Waals surface area contributed by atoms with Crippen molar-refractivity contribution in [3.05, 3.63) is 69.4 Å². The predicted molar refractivity (Wildman–Crippen MR) is 149 cm³/mol. The van der Waals surface area contributed by atoms with Crippen molar-refractivity contribution in [2.75, 3.05) is 23.3 Å². The molecule has 8 heteroatoms. The van der Waals surface area contributed by atoms with Crippen molar-refractivity contribution in [3.8, 4) is 0 Å². The number of benzene rings is 2. The lowest BCUT2D eigenvalue weighted by Crippen LogP contribution is -2.45. The summed E-state index contributed by atoms with van der Waals surface area (Å²) < 4.78 is 15.3. The van der Waals surface area contributed by atoms with E-state index < -0.39 is 29.4 Å². The molecule has 2 aromatic rings. The lowest BCUT2D eigenvalue weighted by atomic mass is 9.87. The number of imide groups is 1. The van der Waals surface area contributed by atoms with E-state index >= 15 is 4.39 Å². The summed E-state index contributed by atoms with van der Waals surface area (Å²) in [5.41, 5.74) is 5.15. The molecular formula is C29H32FN3O3S. The van der Waals surface area contributed by atoms with Gasteiger partial charge in [0.15, 0.2) is 0 Å². The number of nitrogens with zero attached hydrogens (tertiary/aromatic N) is 2. The van der Waals surface area contributed by atoms with E-state index in [0.29, 0.717) is 17.4 Å². The number of allylic oxidation sites excluding steroid dienone is 1. The van der Waals surface area contributed by atoms with E-state index in [1.165, 1.54) is 12.1 Å². The van der Waals surface area contributed by atoms with Gasteiger partial charge in [-0.15, -0.1) is 0 Å². The zero-order chi connectivity index (χ0) is 27.1. The summed E-state index contributed by atoms with van der Waals surface area (Å²) >= 11 is 0.713. The van der Waals surface area contributed by atoms with E-state index in [9.17, 15) is 14.4 Å². The number of carbonyl (C=O) groups excluding carboxylic acids is 3. The van der Waals surface area contributed by atoms with Crippen molar-refractivity contribution in [1.29, 1.82) is 0 Å². The Bertz CT molecular complexity index is 1340. The summed E-state index contributed by atoms with van der Waals surface area (Å²) in [6.07, 6.45) is 4.49. The molecular weight excluding hydrogens is 489 g/mol. The van der Waals surface area contributed by atoms with Crippen molar-refractivity contribution >= 4 is 51.8 Å².